The maximum Gasteiger partial charge on any atom is 0.306 e. The predicted molar refractivity (Wildman–Crippen MR) is 223 cm³/mol. The number of rotatable bonds is 39. The summed E-state index contributed by atoms with van der Waals surface area (Å²) >= 11 is 0. The van der Waals surface area contributed by atoms with Crippen LogP contribution >= 0.6 is 0 Å². The first kappa shape index (κ1) is 49.6. The fraction of sp³-hybridized carbons (Fsp3) is 0.745. The van der Waals surface area contributed by atoms with Gasteiger partial charge in [-0.15, -0.1) is 0 Å². The summed E-state index contributed by atoms with van der Waals surface area (Å²) in [6.45, 7) is 3.97. The number of carbonyl (C=O) groups is 2. The Balaban J connectivity index is 3.58. The van der Waals surface area contributed by atoms with Crippen molar-refractivity contribution in [3.63, 3.8) is 0 Å². The van der Waals surface area contributed by atoms with Gasteiger partial charge in [0.15, 0.2) is 6.10 Å². The molecule has 0 radical (unpaired) electrons. The molecule has 0 bridgehead atoms. The summed E-state index contributed by atoms with van der Waals surface area (Å²) in [6, 6.07) is 0. The van der Waals surface area contributed by atoms with Crippen LogP contribution in [-0.2, 0) is 19.1 Å². The lowest BCUT2D eigenvalue weighted by Gasteiger charge is -2.15. The van der Waals surface area contributed by atoms with Gasteiger partial charge in [0.2, 0.25) is 0 Å². The number of esters is 2. The predicted octanol–water partition coefficient (Wildman–Crippen LogP) is 14.0. The number of carbonyl (C=O) groups excluding carboxylic acids is 2. The lowest BCUT2D eigenvalue weighted by Crippen LogP contribution is -2.28. The third-order valence-corrected chi connectivity index (χ3v) is 9.30. The molecule has 0 unspecified atom stereocenters. The molecule has 1 N–H and O–H groups in total. The van der Waals surface area contributed by atoms with Gasteiger partial charge in [-0.3, -0.25) is 9.59 Å². The molecule has 0 aromatic rings. The second-order valence-corrected chi connectivity index (χ2v) is 14.4. The first-order valence-corrected chi connectivity index (χ1v) is 21.8. The third kappa shape index (κ3) is 40.4. The molecule has 52 heavy (non-hydrogen) atoms. The molecule has 0 aromatic heterocycles. The van der Waals surface area contributed by atoms with Gasteiger partial charge in [0.1, 0.15) is 6.61 Å². The number of allylic oxidation sites excluding steroid dienone is 10. The SMILES string of the molecule is CC/C=C/C/C=C/C/C=C/C/C=C/CCCCC(=O)O[C@@H](CO)COC(=O)CCC/C=C/CCCCCCCCCCCCCCCCCCCC. The molecule has 300 valence electrons. The molecule has 0 aliphatic heterocycles. The summed E-state index contributed by atoms with van der Waals surface area (Å²) in [5, 5.41) is 9.56. The van der Waals surface area contributed by atoms with Crippen LogP contribution < -0.4 is 0 Å². The van der Waals surface area contributed by atoms with Crippen LogP contribution in [0.2, 0.25) is 0 Å². The average molecular weight is 727 g/mol. The first-order valence-electron chi connectivity index (χ1n) is 21.8. The molecule has 0 rings (SSSR count). The van der Waals surface area contributed by atoms with Crippen molar-refractivity contribution in [2.45, 2.75) is 213 Å². The van der Waals surface area contributed by atoms with Crippen molar-refractivity contribution in [3.05, 3.63) is 60.8 Å². The zero-order valence-corrected chi connectivity index (χ0v) is 34.1. The summed E-state index contributed by atoms with van der Waals surface area (Å²) in [5.41, 5.74) is 0. The number of aliphatic hydroxyl groups is 1. The van der Waals surface area contributed by atoms with E-state index in [4.69, 9.17) is 9.47 Å². The van der Waals surface area contributed by atoms with Crippen LogP contribution in [0.5, 0.6) is 0 Å². The van der Waals surface area contributed by atoms with Crippen molar-refractivity contribution in [2.75, 3.05) is 13.2 Å². The van der Waals surface area contributed by atoms with Crippen molar-refractivity contribution in [1.82, 2.24) is 0 Å². The van der Waals surface area contributed by atoms with Crippen LogP contribution in [0.1, 0.15) is 206 Å². The number of unbranched alkanes of at least 4 members (excludes halogenated alkanes) is 21. The van der Waals surface area contributed by atoms with Crippen molar-refractivity contribution in [1.29, 1.82) is 0 Å². The van der Waals surface area contributed by atoms with E-state index in [9.17, 15) is 14.7 Å². The normalized spacial score (nSPS) is 12.8. The summed E-state index contributed by atoms with van der Waals surface area (Å²) in [7, 11) is 0. The highest BCUT2D eigenvalue weighted by molar-refractivity contribution is 5.70. The number of hydrogen-bond acceptors (Lipinski definition) is 5. The zero-order valence-electron chi connectivity index (χ0n) is 34.1. The lowest BCUT2D eigenvalue weighted by atomic mass is 10.0. The summed E-state index contributed by atoms with van der Waals surface area (Å²) in [4.78, 5) is 24.3. The van der Waals surface area contributed by atoms with E-state index in [1.807, 2.05) is 0 Å². The number of aliphatic hydroxyl groups excluding tert-OH is 1. The second kappa shape index (κ2) is 43.0. The van der Waals surface area contributed by atoms with E-state index in [1.54, 1.807) is 0 Å². The van der Waals surface area contributed by atoms with Gasteiger partial charge in [0, 0.05) is 12.8 Å². The van der Waals surface area contributed by atoms with E-state index in [-0.39, 0.29) is 25.2 Å². The molecule has 0 saturated heterocycles. The Hall–Kier alpha value is -2.40. The van der Waals surface area contributed by atoms with Gasteiger partial charge >= 0.3 is 11.9 Å². The molecular formula is C47H82O5. The standard InChI is InChI=1S/C47H82O5/c1-3-5-7-9-11-13-15-17-19-20-21-22-23-24-25-26-28-29-31-33-35-37-39-41-46(49)51-44-45(43-48)52-47(50)42-40-38-36-34-32-30-27-18-16-14-12-10-8-6-4-2/h6,8,12,14,18,27,32-35,45,48H,3-5,7,9-11,13,15-17,19-26,28-31,36-44H2,1-2H3/b8-6+,14-12+,27-18+,34-32+,35-33+/t45-/m0/s1. The van der Waals surface area contributed by atoms with E-state index >= 15 is 0 Å². The number of hydrogen-bond donors (Lipinski definition) is 1. The fourth-order valence-corrected chi connectivity index (χ4v) is 6.02. The first-order chi connectivity index (χ1) is 25.6. The fourth-order valence-electron chi connectivity index (χ4n) is 6.02. The minimum atomic E-state index is -0.806. The van der Waals surface area contributed by atoms with Gasteiger partial charge in [0.05, 0.1) is 6.61 Å². The monoisotopic (exact) mass is 727 g/mol. The highest BCUT2D eigenvalue weighted by Crippen LogP contribution is 2.15. The maximum atomic E-state index is 12.2. The van der Waals surface area contributed by atoms with Crippen LogP contribution in [-0.4, -0.2) is 36.4 Å². The van der Waals surface area contributed by atoms with Crippen LogP contribution in [0, 0.1) is 0 Å². The second-order valence-electron chi connectivity index (χ2n) is 14.4. The molecule has 0 heterocycles. The van der Waals surface area contributed by atoms with E-state index in [1.165, 1.54) is 116 Å². The lowest BCUT2D eigenvalue weighted by molar-refractivity contribution is -0.161. The van der Waals surface area contributed by atoms with Gasteiger partial charge in [-0.1, -0.05) is 184 Å². The molecule has 0 aliphatic rings. The Labute approximate surface area is 321 Å². The Bertz CT molecular complexity index is 915. The number of ether oxygens (including phenoxy) is 2. The Morgan fingerprint density at radius 3 is 1.33 bits per heavy atom. The highest BCUT2D eigenvalue weighted by atomic mass is 16.6. The molecule has 0 aliphatic carbocycles. The van der Waals surface area contributed by atoms with Gasteiger partial charge < -0.3 is 14.6 Å². The highest BCUT2D eigenvalue weighted by Gasteiger charge is 2.15. The molecule has 0 fully saturated rings. The molecule has 5 nitrogen and oxygen atoms in total. The van der Waals surface area contributed by atoms with Crippen LogP contribution in [0.3, 0.4) is 0 Å². The molecule has 0 spiro atoms. The summed E-state index contributed by atoms with van der Waals surface area (Å²) in [6.07, 6.45) is 56.0. The topological polar surface area (TPSA) is 72.8 Å². The van der Waals surface area contributed by atoms with Gasteiger partial charge in [-0.2, -0.15) is 0 Å². The molecule has 0 aromatic carbocycles. The summed E-state index contributed by atoms with van der Waals surface area (Å²) < 4.78 is 10.6. The van der Waals surface area contributed by atoms with E-state index in [0.717, 1.165) is 64.2 Å². The van der Waals surface area contributed by atoms with E-state index in [0.29, 0.717) is 12.8 Å². The van der Waals surface area contributed by atoms with Gasteiger partial charge in [-0.25, -0.2) is 0 Å². The molecule has 0 amide bonds. The largest absolute Gasteiger partial charge is 0.462 e. The van der Waals surface area contributed by atoms with Crippen molar-refractivity contribution in [3.8, 4) is 0 Å². The molecule has 1 atom stereocenters. The van der Waals surface area contributed by atoms with Gasteiger partial charge in [-0.05, 0) is 70.6 Å². The smallest absolute Gasteiger partial charge is 0.306 e. The Morgan fingerprint density at radius 1 is 0.462 bits per heavy atom. The summed E-state index contributed by atoms with van der Waals surface area (Å²) in [5.74, 6) is -0.676. The Morgan fingerprint density at radius 2 is 0.846 bits per heavy atom. The van der Waals surface area contributed by atoms with E-state index < -0.39 is 6.10 Å². The molecule has 0 saturated carbocycles. The van der Waals surface area contributed by atoms with Crippen molar-refractivity contribution >= 4 is 11.9 Å². The molecular weight excluding hydrogens is 645 g/mol. The van der Waals surface area contributed by atoms with E-state index in [2.05, 4.69) is 74.6 Å². The van der Waals surface area contributed by atoms with Crippen LogP contribution in [0.15, 0.2) is 60.8 Å². The average Bonchev–Trinajstić information content (AvgIpc) is 3.15. The van der Waals surface area contributed by atoms with Crippen LogP contribution in [0.25, 0.3) is 0 Å². The molecule has 5 heteroatoms. The van der Waals surface area contributed by atoms with Crippen molar-refractivity contribution in [2.24, 2.45) is 0 Å². The minimum Gasteiger partial charge on any atom is -0.462 e. The third-order valence-electron chi connectivity index (χ3n) is 9.30. The Kier molecular flexibility index (Phi) is 41.0. The quantitative estimate of drug-likeness (QED) is 0.0388. The van der Waals surface area contributed by atoms with Gasteiger partial charge in [0.25, 0.3) is 0 Å². The zero-order chi connectivity index (χ0) is 37.8. The maximum absolute atomic E-state index is 12.2. The van der Waals surface area contributed by atoms with Crippen molar-refractivity contribution < 1.29 is 24.2 Å². The minimum absolute atomic E-state index is 0.0990. The van der Waals surface area contributed by atoms with Crippen LogP contribution in [0.4, 0.5) is 0 Å².